The van der Waals surface area contributed by atoms with E-state index in [1.807, 2.05) is 57.2 Å². The zero-order chi connectivity index (χ0) is 25.4. The second-order valence-electron chi connectivity index (χ2n) is 9.84. The molecule has 188 valence electrons. The lowest BCUT2D eigenvalue weighted by molar-refractivity contribution is -0.147. The molecule has 0 unspecified atom stereocenters. The van der Waals surface area contributed by atoms with E-state index < -0.39 is 35.5 Å². The molecule has 1 aliphatic rings. The fourth-order valence-corrected chi connectivity index (χ4v) is 4.12. The van der Waals surface area contributed by atoms with Gasteiger partial charge in [0.05, 0.1) is 6.04 Å². The number of amides is 3. The number of carbonyl (C=O) groups excluding carboxylic acids is 3. The van der Waals surface area contributed by atoms with E-state index in [4.69, 9.17) is 4.74 Å². The average molecular weight is 482 g/mol. The molecule has 1 heterocycles. The molecule has 1 fully saturated rings. The number of hydrogen-bond acceptors (Lipinski definition) is 5. The molecule has 3 amide bonds. The maximum absolute atomic E-state index is 13.3. The predicted octanol–water partition coefficient (Wildman–Crippen LogP) is 2.06. The summed E-state index contributed by atoms with van der Waals surface area (Å²) in [7, 11) is 0. The fraction of sp³-hybridized carbons (Fsp3) is 0.444. The van der Waals surface area contributed by atoms with Crippen molar-refractivity contribution in [3.05, 3.63) is 66.2 Å². The minimum absolute atomic E-state index is 0.240. The van der Waals surface area contributed by atoms with Crippen LogP contribution in [0, 0.1) is 0 Å². The topological polar surface area (TPSA) is 108 Å². The Balaban J connectivity index is 1.71. The highest BCUT2D eigenvalue weighted by Gasteiger charge is 2.40. The Morgan fingerprint density at radius 1 is 1.06 bits per heavy atom. The maximum atomic E-state index is 13.3. The van der Waals surface area contributed by atoms with E-state index in [-0.39, 0.29) is 18.9 Å². The summed E-state index contributed by atoms with van der Waals surface area (Å²) < 4.78 is 5.51. The van der Waals surface area contributed by atoms with Gasteiger partial charge in [-0.05, 0) is 57.7 Å². The highest BCUT2D eigenvalue weighted by molar-refractivity contribution is 5.91. The molecule has 3 atom stereocenters. The summed E-state index contributed by atoms with van der Waals surface area (Å²) in [4.78, 5) is 40.2. The molecule has 0 radical (unpaired) electrons. The van der Waals surface area contributed by atoms with Crippen molar-refractivity contribution in [3.63, 3.8) is 0 Å². The normalized spacial score (nSPS) is 17.4. The van der Waals surface area contributed by atoms with Crippen LogP contribution in [0.2, 0.25) is 0 Å². The summed E-state index contributed by atoms with van der Waals surface area (Å²) in [6.45, 7) is 5.76. The van der Waals surface area contributed by atoms with Crippen molar-refractivity contribution in [2.75, 3.05) is 13.2 Å². The number of para-hydroxylation sites is 1. The van der Waals surface area contributed by atoms with E-state index in [9.17, 15) is 19.5 Å². The first-order valence-electron chi connectivity index (χ1n) is 12.0. The van der Waals surface area contributed by atoms with Gasteiger partial charge in [0.1, 0.15) is 11.8 Å². The van der Waals surface area contributed by atoms with Crippen LogP contribution in [0.25, 0.3) is 0 Å². The van der Waals surface area contributed by atoms with Crippen LogP contribution >= 0.6 is 0 Å². The Kier molecular flexibility index (Phi) is 8.87. The lowest BCUT2D eigenvalue weighted by Gasteiger charge is -2.32. The molecular weight excluding hydrogens is 446 g/mol. The molecule has 0 bridgehead atoms. The van der Waals surface area contributed by atoms with Crippen LogP contribution < -0.4 is 15.4 Å². The van der Waals surface area contributed by atoms with Gasteiger partial charge in [0.15, 0.2) is 12.7 Å². The zero-order valence-electron chi connectivity index (χ0n) is 20.6. The molecule has 8 nitrogen and oxygen atoms in total. The first kappa shape index (κ1) is 26.2. The third-order valence-electron chi connectivity index (χ3n) is 5.73. The molecule has 8 heteroatoms. The Morgan fingerprint density at radius 3 is 2.31 bits per heavy atom. The second kappa shape index (κ2) is 11.8. The highest BCUT2D eigenvalue weighted by atomic mass is 16.5. The molecule has 2 aromatic rings. The van der Waals surface area contributed by atoms with E-state index in [1.165, 1.54) is 4.90 Å². The Morgan fingerprint density at radius 2 is 1.69 bits per heavy atom. The van der Waals surface area contributed by atoms with Gasteiger partial charge < -0.3 is 25.4 Å². The number of hydrogen-bond donors (Lipinski definition) is 3. The number of ether oxygens (including phenoxy) is 1. The molecule has 0 aliphatic carbocycles. The monoisotopic (exact) mass is 481 g/mol. The average Bonchev–Trinajstić information content (AvgIpc) is 3.32. The molecule has 3 rings (SSSR count). The summed E-state index contributed by atoms with van der Waals surface area (Å²) in [5.41, 5.74) is 0.423. The Labute approximate surface area is 206 Å². The number of carbonyl (C=O) groups is 3. The van der Waals surface area contributed by atoms with Crippen molar-refractivity contribution < 1.29 is 24.2 Å². The summed E-state index contributed by atoms with van der Waals surface area (Å²) in [6, 6.07) is 16.7. The van der Waals surface area contributed by atoms with Crippen LogP contribution in [0.4, 0.5) is 0 Å². The van der Waals surface area contributed by atoms with Crippen molar-refractivity contribution in [2.45, 2.75) is 63.8 Å². The van der Waals surface area contributed by atoms with E-state index in [1.54, 1.807) is 24.3 Å². The van der Waals surface area contributed by atoms with Crippen LogP contribution in [0.15, 0.2) is 60.7 Å². The largest absolute Gasteiger partial charge is 0.484 e. The number of aliphatic hydroxyl groups is 1. The minimum Gasteiger partial charge on any atom is -0.484 e. The quantitative estimate of drug-likeness (QED) is 0.508. The number of benzene rings is 2. The number of aliphatic hydroxyl groups excluding tert-OH is 1. The SMILES string of the molecule is CC(C)(C)NC(=O)[C@@H]1CCCN1C(=O)[C@@H](O)[C@H](Cc1ccccc1)NC(=O)COc1ccccc1. The van der Waals surface area contributed by atoms with Crippen LogP contribution in [0.1, 0.15) is 39.2 Å². The van der Waals surface area contributed by atoms with Gasteiger partial charge in [0.25, 0.3) is 11.8 Å². The molecular formula is C27H35N3O5. The van der Waals surface area contributed by atoms with E-state index in [2.05, 4.69) is 10.6 Å². The lowest BCUT2D eigenvalue weighted by atomic mass is 9.99. The molecule has 0 saturated carbocycles. The van der Waals surface area contributed by atoms with Gasteiger partial charge in [-0.25, -0.2) is 0 Å². The molecule has 35 heavy (non-hydrogen) atoms. The standard InChI is InChI=1S/C27H35N3O5/c1-27(2,3)29-25(33)22-15-10-16-30(22)26(34)24(32)21(17-19-11-6-4-7-12-19)28-23(31)18-35-20-13-8-5-9-14-20/h4-9,11-14,21-22,24,32H,10,15-18H2,1-3H3,(H,28,31)(H,29,33)/t21-,22-,24-/m0/s1. The molecule has 1 aliphatic heterocycles. The Bertz CT molecular complexity index is 991. The van der Waals surface area contributed by atoms with Crippen molar-refractivity contribution in [2.24, 2.45) is 0 Å². The summed E-state index contributed by atoms with van der Waals surface area (Å²) in [5.74, 6) is -0.717. The van der Waals surface area contributed by atoms with Gasteiger partial charge in [0.2, 0.25) is 5.91 Å². The van der Waals surface area contributed by atoms with E-state index in [0.29, 0.717) is 25.1 Å². The van der Waals surface area contributed by atoms with Crippen molar-refractivity contribution in [1.82, 2.24) is 15.5 Å². The van der Waals surface area contributed by atoms with Gasteiger partial charge in [-0.15, -0.1) is 0 Å². The van der Waals surface area contributed by atoms with E-state index >= 15 is 0 Å². The molecule has 0 aromatic heterocycles. The number of nitrogens with one attached hydrogen (secondary N) is 2. The molecule has 1 saturated heterocycles. The van der Waals surface area contributed by atoms with Gasteiger partial charge >= 0.3 is 0 Å². The molecule has 0 spiro atoms. The number of likely N-dealkylation sites (tertiary alicyclic amines) is 1. The summed E-state index contributed by atoms with van der Waals surface area (Å²) in [6.07, 6.45) is -0.0706. The van der Waals surface area contributed by atoms with Gasteiger partial charge in [0, 0.05) is 12.1 Å². The predicted molar refractivity (Wildman–Crippen MR) is 133 cm³/mol. The van der Waals surface area contributed by atoms with Crippen LogP contribution in [0.5, 0.6) is 5.75 Å². The third-order valence-corrected chi connectivity index (χ3v) is 5.73. The number of nitrogens with zero attached hydrogens (tertiary/aromatic N) is 1. The van der Waals surface area contributed by atoms with Crippen molar-refractivity contribution in [3.8, 4) is 5.75 Å². The van der Waals surface area contributed by atoms with Crippen LogP contribution in [0.3, 0.4) is 0 Å². The van der Waals surface area contributed by atoms with Crippen LogP contribution in [-0.4, -0.2) is 64.6 Å². The van der Waals surface area contributed by atoms with Crippen molar-refractivity contribution >= 4 is 17.7 Å². The smallest absolute Gasteiger partial charge is 0.258 e. The van der Waals surface area contributed by atoms with Crippen molar-refractivity contribution in [1.29, 1.82) is 0 Å². The molecule has 3 N–H and O–H groups in total. The van der Waals surface area contributed by atoms with E-state index in [0.717, 1.165) is 5.56 Å². The highest BCUT2D eigenvalue weighted by Crippen LogP contribution is 2.21. The lowest BCUT2D eigenvalue weighted by Crippen LogP contribution is -2.57. The fourth-order valence-electron chi connectivity index (χ4n) is 4.12. The second-order valence-corrected chi connectivity index (χ2v) is 9.84. The van der Waals surface area contributed by atoms with Gasteiger partial charge in [-0.3, -0.25) is 14.4 Å². The van der Waals surface area contributed by atoms with Gasteiger partial charge in [-0.2, -0.15) is 0 Å². The first-order chi connectivity index (χ1) is 16.6. The maximum Gasteiger partial charge on any atom is 0.258 e. The summed E-state index contributed by atoms with van der Waals surface area (Å²) >= 11 is 0. The third kappa shape index (κ3) is 7.82. The molecule has 2 aromatic carbocycles. The number of rotatable bonds is 9. The van der Waals surface area contributed by atoms with Crippen LogP contribution in [-0.2, 0) is 20.8 Å². The van der Waals surface area contributed by atoms with Gasteiger partial charge in [-0.1, -0.05) is 48.5 Å². The Hall–Kier alpha value is -3.39. The minimum atomic E-state index is -1.51. The summed E-state index contributed by atoms with van der Waals surface area (Å²) in [5, 5.41) is 16.8. The first-order valence-corrected chi connectivity index (χ1v) is 12.0. The zero-order valence-corrected chi connectivity index (χ0v) is 20.6.